The van der Waals surface area contributed by atoms with Gasteiger partial charge in [0.15, 0.2) is 0 Å². The van der Waals surface area contributed by atoms with E-state index in [1.54, 1.807) is 36.7 Å². The van der Waals surface area contributed by atoms with E-state index in [0.717, 1.165) is 17.0 Å². The van der Waals surface area contributed by atoms with E-state index < -0.39 is 11.4 Å². The van der Waals surface area contributed by atoms with Gasteiger partial charge in [0.25, 0.3) is 0 Å². The van der Waals surface area contributed by atoms with Crippen molar-refractivity contribution in [2.24, 2.45) is 5.41 Å². The number of aliphatic carboxylic acids is 1. The molecule has 3 N–H and O–H groups in total. The molecule has 0 radical (unpaired) electrons. The Kier molecular flexibility index (Phi) is 6.71. The fourth-order valence-corrected chi connectivity index (χ4v) is 4.42. The van der Waals surface area contributed by atoms with Gasteiger partial charge in [0.2, 0.25) is 5.91 Å². The van der Waals surface area contributed by atoms with Crippen LogP contribution in [0.1, 0.15) is 56.0 Å². The Balaban J connectivity index is 1.73. The molecule has 32 heavy (non-hydrogen) atoms. The van der Waals surface area contributed by atoms with Crippen LogP contribution in [-0.2, 0) is 9.59 Å². The zero-order valence-electron chi connectivity index (χ0n) is 18.7. The third kappa shape index (κ3) is 5.17. The van der Waals surface area contributed by atoms with Crippen molar-refractivity contribution >= 4 is 17.6 Å². The van der Waals surface area contributed by atoms with E-state index in [4.69, 9.17) is 5.11 Å². The molecule has 1 heterocycles. The zero-order valence-corrected chi connectivity index (χ0v) is 18.7. The van der Waals surface area contributed by atoms with Crippen molar-refractivity contribution in [2.45, 2.75) is 58.9 Å². The molecule has 0 spiro atoms. The lowest BCUT2D eigenvalue weighted by Crippen LogP contribution is -2.36. The number of carboxylic acid groups (broad SMARTS) is 1. The average molecular weight is 442 g/mol. The minimum Gasteiger partial charge on any atom is -0.733 e. The number of para-hydroxylation sites is 2. The van der Waals surface area contributed by atoms with E-state index in [0.29, 0.717) is 12.1 Å². The van der Waals surface area contributed by atoms with Gasteiger partial charge in [-0.1, -0.05) is 38.1 Å². The summed E-state index contributed by atoms with van der Waals surface area (Å²) >= 11 is 0. The smallest absolute Gasteiger partial charge is 0.303 e. The van der Waals surface area contributed by atoms with Crippen molar-refractivity contribution in [1.29, 1.82) is 0 Å². The number of allylic oxidation sites excluding steroid dienone is 1. The number of hydrogen-bond acceptors (Lipinski definition) is 6. The van der Waals surface area contributed by atoms with Crippen LogP contribution in [-0.4, -0.2) is 38.0 Å². The van der Waals surface area contributed by atoms with E-state index in [1.807, 2.05) is 26.0 Å². The summed E-state index contributed by atoms with van der Waals surface area (Å²) in [5, 5.41) is 37.4. The number of nitrogens with one attached hydrogen (secondary N) is 1. The summed E-state index contributed by atoms with van der Waals surface area (Å²) in [4.78, 5) is 23.4. The van der Waals surface area contributed by atoms with Crippen LogP contribution in [0.15, 0.2) is 36.4 Å². The number of hydrogen-bond donors (Lipinski definition) is 3. The third-order valence-corrected chi connectivity index (χ3v) is 5.73. The molecule has 2 atom stereocenters. The number of nitrogens with zero attached hydrogens (tertiary/aromatic N) is 3. The number of carbonyl (C=O) groups excluding carboxylic acids is 1. The van der Waals surface area contributed by atoms with E-state index in [1.165, 1.54) is 6.07 Å². The normalized spacial score (nSPS) is 18.1. The van der Waals surface area contributed by atoms with Crippen LogP contribution in [0.25, 0.3) is 5.69 Å². The van der Waals surface area contributed by atoms with Crippen LogP contribution in [0.5, 0.6) is 0 Å². The van der Waals surface area contributed by atoms with Crippen molar-refractivity contribution in [3.05, 3.63) is 58.6 Å². The molecular weight excluding hydrogens is 412 g/mol. The topological polar surface area (TPSA) is 131 Å². The van der Waals surface area contributed by atoms with Crippen molar-refractivity contribution in [1.82, 2.24) is 15.1 Å². The molecule has 1 amide bonds. The van der Waals surface area contributed by atoms with Gasteiger partial charge in [-0.05, 0) is 37.8 Å². The molecule has 0 aliphatic heterocycles. The van der Waals surface area contributed by atoms with Gasteiger partial charge in [-0.3, -0.25) is 14.8 Å². The Labute approximate surface area is 186 Å². The van der Waals surface area contributed by atoms with Gasteiger partial charge in [-0.25, -0.2) is 4.68 Å². The maximum Gasteiger partial charge on any atom is 0.303 e. The molecule has 0 unspecified atom stereocenters. The maximum absolute atomic E-state index is 12.5. The predicted octanol–water partition coefficient (Wildman–Crippen LogP) is 3.60. The summed E-state index contributed by atoms with van der Waals surface area (Å²) < 4.78 is 1.65. The van der Waals surface area contributed by atoms with Crippen LogP contribution in [0, 0.1) is 24.5 Å². The first-order chi connectivity index (χ1) is 15.0. The number of amides is 1. The molecule has 1 aliphatic rings. The van der Waals surface area contributed by atoms with E-state index in [-0.39, 0.29) is 41.6 Å². The summed E-state index contributed by atoms with van der Waals surface area (Å²) in [5.41, 5.74) is 2.61. The van der Waals surface area contributed by atoms with Gasteiger partial charge in [-0.2, -0.15) is 5.10 Å². The molecule has 1 aliphatic carbocycles. The van der Waals surface area contributed by atoms with Crippen molar-refractivity contribution < 1.29 is 19.9 Å². The van der Waals surface area contributed by atoms with Crippen LogP contribution < -0.4 is 10.5 Å². The Morgan fingerprint density at radius 1 is 1.25 bits per heavy atom. The fourth-order valence-electron chi connectivity index (χ4n) is 4.42. The molecule has 9 nitrogen and oxygen atoms in total. The summed E-state index contributed by atoms with van der Waals surface area (Å²) in [6, 6.07) is 6.51. The second-order valence-corrected chi connectivity index (χ2v) is 9.07. The number of benzene rings is 1. The van der Waals surface area contributed by atoms with Crippen molar-refractivity contribution in [3.8, 4) is 5.69 Å². The first-order valence-corrected chi connectivity index (χ1v) is 10.5. The Morgan fingerprint density at radius 3 is 2.59 bits per heavy atom. The second kappa shape index (κ2) is 9.13. The number of carboxylic acids is 1. The standard InChI is InChI=1S/C23H29N4O5/c1-14-22(15(2)26(25-14)18-7-5-6-8-19(18)27(31)32)16-9-10-17(11-16)24-20(28)12-23(3,4)13-21(29)30/h5-10,16-17,31H,11-13H2,1-4H3,(H,24,28)(H,29,30)/q-1/t16-,17+/m0/s1. The van der Waals surface area contributed by atoms with E-state index in [9.17, 15) is 20.0 Å². The summed E-state index contributed by atoms with van der Waals surface area (Å²) in [6.07, 6.45) is 4.70. The maximum atomic E-state index is 12.5. The molecule has 0 fully saturated rings. The minimum atomic E-state index is -0.922. The lowest BCUT2D eigenvalue weighted by Gasteiger charge is -2.24. The van der Waals surface area contributed by atoms with Gasteiger partial charge in [0.05, 0.1) is 23.5 Å². The molecule has 2 aromatic rings. The van der Waals surface area contributed by atoms with Gasteiger partial charge in [-0.15, -0.1) is 0 Å². The van der Waals surface area contributed by atoms with Crippen LogP contribution in [0.4, 0.5) is 5.69 Å². The highest BCUT2D eigenvalue weighted by Crippen LogP contribution is 2.35. The quantitative estimate of drug-likeness (QED) is 0.421. The number of carbonyl (C=O) groups is 2. The zero-order chi connectivity index (χ0) is 23.6. The Morgan fingerprint density at radius 2 is 1.94 bits per heavy atom. The molecular formula is C23H29N4O5-. The fraction of sp³-hybridized carbons (Fsp3) is 0.435. The first kappa shape index (κ1) is 23.5. The van der Waals surface area contributed by atoms with E-state index in [2.05, 4.69) is 10.4 Å². The monoisotopic (exact) mass is 441 g/mol. The molecule has 0 bridgehead atoms. The molecule has 3 rings (SSSR count). The van der Waals surface area contributed by atoms with Crippen LogP contribution >= 0.6 is 0 Å². The van der Waals surface area contributed by atoms with Gasteiger partial charge in [0, 0.05) is 29.6 Å². The van der Waals surface area contributed by atoms with Crippen molar-refractivity contribution in [3.63, 3.8) is 0 Å². The second-order valence-electron chi connectivity index (χ2n) is 9.07. The van der Waals surface area contributed by atoms with E-state index >= 15 is 0 Å². The predicted molar refractivity (Wildman–Crippen MR) is 120 cm³/mol. The van der Waals surface area contributed by atoms with Crippen molar-refractivity contribution in [2.75, 3.05) is 5.23 Å². The number of rotatable bonds is 8. The highest BCUT2D eigenvalue weighted by atomic mass is 16.8. The summed E-state index contributed by atoms with van der Waals surface area (Å²) in [7, 11) is 0. The molecule has 1 aromatic heterocycles. The third-order valence-electron chi connectivity index (χ3n) is 5.73. The SMILES string of the molecule is Cc1nn(-c2ccccc2N([O-])O)c(C)c1[C@H]1C=C[C@@H](NC(=O)CC(C)(C)CC(=O)O)C1. The van der Waals surface area contributed by atoms with Crippen LogP contribution in [0.2, 0.25) is 0 Å². The molecule has 172 valence electrons. The van der Waals surface area contributed by atoms with Gasteiger partial charge in [0.1, 0.15) is 0 Å². The largest absolute Gasteiger partial charge is 0.733 e. The average Bonchev–Trinajstić information content (AvgIpc) is 3.23. The number of aryl methyl sites for hydroxylation is 1. The van der Waals surface area contributed by atoms with Gasteiger partial charge >= 0.3 is 5.97 Å². The summed E-state index contributed by atoms with van der Waals surface area (Å²) in [5.74, 6) is -1.07. The molecule has 0 saturated heterocycles. The molecule has 9 heteroatoms. The number of aromatic nitrogens is 2. The highest BCUT2D eigenvalue weighted by Gasteiger charge is 2.30. The minimum absolute atomic E-state index is 0.0331. The lowest BCUT2D eigenvalue weighted by atomic mass is 9.85. The highest BCUT2D eigenvalue weighted by molar-refractivity contribution is 5.78. The lowest BCUT2D eigenvalue weighted by molar-refractivity contribution is -0.139. The Hall–Kier alpha value is -3.17. The van der Waals surface area contributed by atoms with Gasteiger partial charge < -0.3 is 20.9 Å². The first-order valence-electron chi connectivity index (χ1n) is 10.5. The number of anilines is 1. The summed E-state index contributed by atoms with van der Waals surface area (Å²) in [6.45, 7) is 7.33. The Bertz CT molecular complexity index is 1040. The molecule has 0 saturated carbocycles. The molecule has 1 aromatic carbocycles. The van der Waals surface area contributed by atoms with Crippen LogP contribution in [0.3, 0.4) is 0 Å².